The number of hydrogen-bond donors (Lipinski definition) is 3. The lowest BCUT2D eigenvalue weighted by Gasteiger charge is -2.16. The van der Waals surface area contributed by atoms with Crippen LogP contribution in [0.1, 0.15) is 18.1 Å². The van der Waals surface area contributed by atoms with E-state index in [9.17, 15) is 13.2 Å². The molecular weight excluding hydrogens is 233 g/mol. The summed E-state index contributed by atoms with van der Waals surface area (Å²) >= 11 is 0. The van der Waals surface area contributed by atoms with Gasteiger partial charge in [-0.15, -0.1) is 0 Å². The van der Waals surface area contributed by atoms with Crippen molar-refractivity contribution in [3.8, 4) is 0 Å². The standard InChI is InChI=1S/C11H15F3N2O/c1-7(6-17)16-9-3-2-8(5-15)10(4-9)11(12,13)14/h2-4,7,16-17H,5-6,15H2,1H3. The second kappa shape index (κ2) is 5.37. The molecule has 0 saturated carbocycles. The molecule has 96 valence electrons. The summed E-state index contributed by atoms with van der Waals surface area (Å²) in [5, 5.41) is 11.6. The van der Waals surface area contributed by atoms with Crippen LogP contribution < -0.4 is 11.1 Å². The van der Waals surface area contributed by atoms with Gasteiger partial charge in [-0.1, -0.05) is 6.07 Å². The van der Waals surface area contributed by atoms with Gasteiger partial charge in [-0.3, -0.25) is 0 Å². The first-order valence-corrected chi connectivity index (χ1v) is 5.16. The van der Waals surface area contributed by atoms with Crippen molar-refractivity contribution in [2.45, 2.75) is 25.7 Å². The number of benzene rings is 1. The van der Waals surface area contributed by atoms with Gasteiger partial charge in [-0.05, 0) is 24.6 Å². The van der Waals surface area contributed by atoms with Crippen molar-refractivity contribution in [1.82, 2.24) is 0 Å². The van der Waals surface area contributed by atoms with Crippen LogP contribution in [0.15, 0.2) is 18.2 Å². The molecule has 4 N–H and O–H groups in total. The SMILES string of the molecule is CC(CO)Nc1ccc(CN)c(C(F)(F)F)c1. The van der Waals surface area contributed by atoms with E-state index in [1.54, 1.807) is 6.92 Å². The van der Waals surface area contributed by atoms with E-state index < -0.39 is 11.7 Å². The summed E-state index contributed by atoms with van der Waals surface area (Å²) in [7, 11) is 0. The molecule has 0 spiro atoms. The maximum atomic E-state index is 12.7. The van der Waals surface area contributed by atoms with Crippen molar-refractivity contribution in [3.05, 3.63) is 29.3 Å². The first-order valence-electron chi connectivity index (χ1n) is 5.16. The highest BCUT2D eigenvalue weighted by Crippen LogP contribution is 2.33. The Balaban J connectivity index is 3.05. The molecule has 1 aromatic rings. The van der Waals surface area contributed by atoms with Crippen LogP contribution in [0.25, 0.3) is 0 Å². The molecule has 1 atom stereocenters. The Hall–Kier alpha value is -1.27. The second-order valence-corrected chi connectivity index (χ2v) is 3.80. The average Bonchev–Trinajstić information content (AvgIpc) is 2.27. The van der Waals surface area contributed by atoms with Crippen LogP contribution in [-0.2, 0) is 12.7 Å². The summed E-state index contributed by atoms with van der Waals surface area (Å²) < 4.78 is 38.1. The van der Waals surface area contributed by atoms with Gasteiger partial charge >= 0.3 is 6.18 Å². The molecule has 0 radical (unpaired) electrons. The number of hydrogen-bond acceptors (Lipinski definition) is 3. The van der Waals surface area contributed by atoms with E-state index in [2.05, 4.69) is 5.32 Å². The van der Waals surface area contributed by atoms with Gasteiger partial charge in [-0.25, -0.2) is 0 Å². The summed E-state index contributed by atoms with van der Waals surface area (Å²) in [6.07, 6.45) is -4.42. The highest BCUT2D eigenvalue weighted by molar-refractivity contribution is 5.50. The minimum atomic E-state index is -4.42. The molecule has 1 aromatic carbocycles. The first kappa shape index (κ1) is 13.8. The van der Waals surface area contributed by atoms with E-state index >= 15 is 0 Å². The number of nitrogens with one attached hydrogen (secondary N) is 1. The molecule has 0 bridgehead atoms. The van der Waals surface area contributed by atoms with Crippen molar-refractivity contribution in [3.63, 3.8) is 0 Å². The van der Waals surface area contributed by atoms with Crippen molar-refractivity contribution >= 4 is 5.69 Å². The summed E-state index contributed by atoms with van der Waals surface area (Å²) in [6.45, 7) is 1.36. The smallest absolute Gasteiger partial charge is 0.394 e. The Morgan fingerprint density at radius 3 is 2.53 bits per heavy atom. The Bertz CT molecular complexity index is 379. The van der Waals surface area contributed by atoms with Crippen molar-refractivity contribution in [1.29, 1.82) is 0 Å². The van der Waals surface area contributed by atoms with Gasteiger partial charge in [0, 0.05) is 18.3 Å². The number of halogens is 3. The largest absolute Gasteiger partial charge is 0.416 e. The van der Waals surface area contributed by atoms with Gasteiger partial charge in [0.05, 0.1) is 12.2 Å². The Morgan fingerprint density at radius 2 is 2.06 bits per heavy atom. The molecule has 1 rings (SSSR count). The molecule has 17 heavy (non-hydrogen) atoms. The summed E-state index contributed by atoms with van der Waals surface area (Å²) in [5.74, 6) is 0. The maximum Gasteiger partial charge on any atom is 0.416 e. The van der Waals surface area contributed by atoms with E-state index in [0.29, 0.717) is 5.69 Å². The van der Waals surface area contributed by atoms with Crippen LogP contribution in [-0.4, -0.2) is 17.8 Å². The first-order chi connectivity index (χ1) is 7.88. The Morgan fingerprint density at radius 1 is 1.41 bits per heavy atom. The lowest BCUT2D eigenvalue weighted by molar-refractivity contribution is -0.138. The Kier molecular flexibility index (Phi) is 4.36. The minimum absolute atomic E-state index is 0.0553. The predicted octanol–water partition coefficient (Wildman–Crippen LogP) is 1.96. The van der Waals surface area contributed by atoms with E-state index in [1.165, 1.54) is 12.1 Å². The van der Waals surface area contributed by atoms with Crippen LogP contribution in [0, 0.1) is 0 Å². The highest BCUT2D eigenvalue weighted by atomic mass is 19.4. The number of aliphatic hydroxyl groups is 1. The third-order valence-corrected chi connectivity index (χ3v) is 2.32. The molecule has 0 aliphatic carbocycles. The van der Waals surface area contributed by atoms with Crippen LogP contribution >= 0.6 is 0 Å². The zero-order chi connectivity index (χ0) is 13.1. The van der Waals surface area contributed by atoms with Crippen LogP contribution in [0.2, 0.25) is 0 Å². The zero-order valence-corrected chi connectivity index (χ0v) is 9.38. The predicted molar refractivity (Wildman–Crippen MR) is 59.5 cm³/mol. The van der Waals surface area contributed by atoms with E-state index in [4.69, 9.17) is 10.8 Å². The number of aliphatic hydroxyl groups excluding tert-OH is 1. The van der Waals surface area contributed by atoms with Gasteiger partial charge in [0.2, 0.25) is 0 Å². The maximum absolute atomic E-state index is 12.7. The lowest BCUT2D eigenvalue weighted by Crippen LogP contribution is -2.20. The van der Waals surface area contributed by atoms with Gasteiger partial charge in [0.15, 0.2) is 0 Å². The summed E-state index contributed by atoms with van der Waals surface area (Å²) in [5.41, 5.74) is 4.89. The molecular formula is C11H15F3N2O. The van der Waals surface area contributed by atoms with E-state index in [-0.39, 0.29) is 24.8 Å². The highest BCUT2D eigenvalue weighted by Gasteiger charge is 2.33. The molecule has 6 heteroatoms. The average molecular weight is 248 g/mol. The number of rotatable bonds is 4. The third-order valence-electron chi connectivity index (χ3n) is 2.32. The fourth-order valence-corrected chi connectivity index (χ4v) is 1.44. The zero-order valence-electron chi connectivity index (χ0n) is 9.38. The van der Waals surface area contributed by atoms with Gasteiger partial charge in [0.1, 0.15) is 0 Å². The summed E-state index contributed by atoms with van der Waals surface area (Å²) in [4.78, 5) is 0. The number of anilines is 1. The van der Waals surface area contributed by atoms with Gasteiger partial charge < -0.3 is 16.2 Å². The van der Waals surface area contributed by atoms with Crippen molar-refractivity contribution in [2.75, 3.05) is 11.9 Å². The van der Waals surface area contributed by atoms with E-state index in [0.717, 1.165) is 6.07 Å². The van der Waals surface area contributed by atoms with Crippen molar-refractivity contribution < 1.29 is 18.3 Å². The van der Waals surface area contributed by atoms with Crippen LogP contribution in [0.3, 0.4) is 0 Å². The molecule has 0 amide bonds. The molecule has 0 fully saturated rings. The second-order valence-electron chi connectivity index (χ2n) is 3.80. The van der Waals surface area contributed by atoms with Gasteiger partial charge in [0.25, 0.3) is 0 Å². The third kappa shape index (κ3) is 3.61. The molecule has 0 aliphatic heterocycles. The topological polar surface area (TPSA) is 58.3 Å². The molecule has 0 aromatic heterocycles. The fraction of sp³-hybridized carbons (Fsp3) is 0.455. The normalized spacial score (nSPS) is 13.5. The van der Waals surface area contributed by atoms with Crippen LogP contribution in [0.5, 0.6) is 0 Å². The number of nitrogens with two attached hydrogens (primary N) is 1. The molecule has 1 unspecified atom stereocenters. The van der Waals surface area contributed by atoms with Gasteiger partial charge in [-0.2, -0.15) is 13.2 Å². The minimum Gasteiger partial charge on any atom is -0.394 e. The molecule has 0 heterocycles. The Labute approximate surface area is 97.4 Å². The summed E-state index contributed by atoms with van der Waals surface area (Å²) in [6, 6.07) is 3.56. The lowest BCUT2D eigenvalue weighted by atomic mass is 10.1. The quantitative estimate of drug-likeness (QED) is 0.763. The molecule has 0 saturated heterocycles. The monoisotopic (exact) mass is 248 g/mol. The number of alkyl halides is 3. The molecule has 0 aliphatic rings. The van der Waals surface area contributed by atoms with E-state index in [1.807, 2.05) is 0 Å². The van der Waals surface area contributed by atoms with Crippen LogP contribution in [0.4, 0.5) is 18.9 Å². The van der Waals surface area contributed by atoms with Crippen molar-refractivity contribution in [2.24, 2.45) is 5.73 Å². The fourth-order valence-electron chi connectivity index (χ4n) is 1.44. The molecule has 3 nitrogen and oxygen atoms in total.